The molecule has 0 spiro atoms. The summed E-state index contributed by atoms with van der Waals surface area (Å²) in [6, 6.07) is 13.6. The molecule has 3 aromatic rings. The van der Waals surface area contributed by atoms with E-state index in [-0.39, 0.29) is 29.9 Å². The van der Waals surface area contributed by atoms with Gasteiger partial charge < -0.3 is 14.4 Å². The van der Waals surface area contributed by atoms with Crippen molar-refractivity contribution in [1.82, 2.24) is 9.88 Å². The average molecular weight is 343 g/mol. The van der Waals surface area contributed by atoms with Gasteiger partial charge in [-0.3, -0.25) is 4.79 Å². The molecule has 0 aliphatic heterocycles. The average Bonchev–Trinajstić information content (AvgIpc) is 3.08. The summed E-state index contributed by atoms with van der Waals surface area (Å²) in [6.07, 6.45) is 3.04. The quantitative estimate of drug-likeness (QED) is 0.715. The van der Waals surface area contributed by atoms with Crippen LogP contribution in [0.25, 0.3) is 0 Å². The molecule has 1 N–H and O–H groups in total. The predicted molar refractivity (Wildman–Crippen MR) is 89.6 cm³/mol. The Hall–Kier alpha value is -2.79. The predicted octanol–water partition coefficient (Wildman–Crippen LogP) is 3.88. The van der Waals surface area contributed by atoms with Crippen molar-refractivity contribution in [2.45, 2.75) is 13.1 Å². The molecule has 0 fully saturated rings. The van der Waals surface area contributed by atoms with Crippen molar-refractivity contribution in [2.24, 2.45) is 0 Å². The van der Waals surface area contributed by atoms with E-state index in [0.29, 0.717) is 16.9 Å². The Morgan fingerprint density at radius 2 is 2.00 bits per heavy atom. The molecule has 0 atom stereocenters. The number of rotatable bonds is 5. The van der Waals surface area contributed by atoms with Gasteiger partial charge in [0.05, 0.1) is 19.4 Å². The van der Waals surface area contributed by atoms with Gasteiger partial charge in [0.2, 0.25) is 0 Å². The van der Waals surface area contributed by atoms with Gasteiger partial charge in [-0.2, -0.15) is 0 Å². The van der Waals surface area contributed by atoms with Crippen molar-refractivity contribution in [1.29, 1.82) is 0 Å². The number of carbonyl (C=O) groups is 1. The van der Waals surface area contributed by atoms with Crippen LogP contribution in [0.5, 0.6) is 5.75 Å². The summed E-state index contributed by atoms with van der Waals surface area (Å²) in [5.74, 6) is 0.570. The summed E-state index contributed by atoms with van der Waals surface area (Å²) in [5.41, 5.74) is 1.08. The summed E-state index contributed by atoms with van der Waals surface area (Å²) >= 11 is 5.88. The lowest BCUT2D eigenvalue weighted by Gasteiger charge is -2.22. The van der Waals surface area contributed by atoms with Crippen LogP contribution in [0.15, 0.2) is 65.4 Å². The minimum atomic E-state index is -0.223. The van der Waals surface area contributed by atoms with Gasteiger partial charge in [-0.05, 0) is 30.3 Å². The van der Waals surface area contributed by atoms with E-state index in [0.717, 1.165) is 0 Å². The van der Waals surface area contributed by atoms with Gasteiger partial charge in [0.25, 0.3) is 5.91 Å². The van der Waals surface area contributed by atoms with Crippen molar-refractivity contribution in [2.75, 3.05) is 0 Å². The third-order valence-corrected chi connectivity index (χ3v) is 3.75. The van der Waals surface area contributed by atoms with Gasteiger partial charge in [-0.25, -0.2) is 4.98 Å². The molecular formula is C18H15ClN2O3. The van der Waals surface area contributed by atoms with Crippen LogP contribution >= 0.6 is 11.6 Å². The summed E-state index contributed by atoms with van der Waals surface area (Å²) in [5, 5.41) is 10.2. The van der Waals surface area contributed by atoms with Gasteiger partial charge in [-0.1, -0.05) is 29.8 Å². The highest BCUT2D eigenvalue weighted by Crippen LogP contribution is 2.21. The number of carbonyl (C=O) groups excluding carboxylic acids is 1. The number of para-hydroxylation sites is 1. The summed E-state index contributed by atoms with van der Waals surface area (Å²) < 4.78 is 5.35. The van der Waals surface area contributed by atoms with Crippen molar-refractivity contribution in [3.8, 4) is 5.75 Å². The molecule has 6 heteroatoms. The van der Waals surface area contributed by atoms with Crippen LogP contribution in [0.4, 0.5) is 0 Å². The number of amides is 1. The number of aromatic hydroxyl groups is 1. The molecule has 1 amide bonds. The third-order valence-electron chi connectivity index (χ3n) is 3.54. The van der Waals surface area contributed by atoms with Gasteiger partial charge in [0.1, 0.15) is 16.7 Å². The first-order valence-electron chi connectivity index (χ1n) is 7.33. The molecule has 0 radical (unpaired) electrons. The molecule has 24 heavy (non-hydrogen) atoms. The minimum Gasteiger partial charge on any atom is -0.508 e. The fourth-order valence-electron chi connectivity index (χ4n) is 2.36. The fourth-order valence-corrected chi connectivity index (χ4v) is 2.53. The van der Waals surface area contributed by atoms with Crippen LogP contribution in [-0.2, 0) is 13.1 Å². The van der Waals surface area contributed by atoms with E-state index in [4.69, 9.17) is 16.0 Å². The lowest BCUT2D eigenvalue weighted by Crippen LogP contribution is -2.30. The molecule has 0 aliphatic rings. The van der Waals surface area contributed by atoms with E-state index >= 15 is 0 Å². The smallest absolute Gasteiger partial charge is 0.254 e. The van der Waals surface area contributed by atoms with Crippen LogP contribution in [0.3, 0.4) is 0 Å². The Balaban J connectivity index is 1.89. The number of furan rings is 1. The molecule has 0 aliphatic carbocycles. The van der Waals surface area contributed by atoms with E-state index in [1.165, 1.54) is 12.3 Å². The minimum absolute atomic E-state index is 0.141. The number of pyridine rings is 1. The highest BCUT2D eigenvalue weighted by molar-refractivity contribution is 6.29. The van der Waals surface area contributed by atoms with Crippen LogP contribution in [0.2, 0.25) is 5.15 Å². The highest BCUT2D eigenvalue weighted by Gasteiger charge is 2.19. The summed E-state index contributed by atoms with van der Waals surface area (Å²) in [7, 11) is 0. The third kappa shape index (κ3) is 3.75. The Kier molecular flexibility index (Phi) is 4.82. The number of phenols is 1. The largest absolute Gasteiger partial charge is 0.508 e. The molecular weight excluding hydrogens is 328 g/mol. The molecule has 0 bridgehead atoms. The standard InChI is InChI=1S/C18H15ClN2O3/c19-17-10-13(7-8-20-17)18(23)21(12-15-5-3-9-24-15)11-14-4-1-2-6-16(14)22/h1-10,22H,11-12H2. The number of halogens is 1. The highest BCUT2D eigenvalue weighted by atomic mass is 35.5. The van der Waals surface area contributed by atoms with Gasteiger partial charge in [0.15, 0.2) is 0 Å². The first-order chi connectivity index (χ1) is 11.6. The maximum atomic E-state index is 12.9. The maximum absolute atomic E-state index is 12.9. The zero-order valence-corrected chi connectivity index (χ0v) is 13.5. The topological polar surface area (TPSA) is 66.6 Å². The van der Waals surface area contributed by atoms with Gasteiger partial charge in [0, 0.05) is 17.3 Å². The second-order valence-electron chi connectivity index (χ2n) is 5.24. The SMILES string of the molecule is O=C(c1ccnc(Cl)c1)N(Cc1ccco1)Cc1ccccc1O. The lowest BCUT2D eigenvalue weighted by atomic mass is 10.1. The second-order valence-corrected chi connectivity index (χ2v) is 5.62. The Morgan fingerprint density at radius 3 is 2.71 bits per heavy atom. The van der Waals surface area contributed by atoms with E-state index in [1.54, 1.807) is 47.6 Å². The zero-order valence-electron chi connectivity index (χ0n) is 12.7. The van der Waals surface area contributed by atoms with Crippen LogP contribution in [0, 0.1) is 0 Å². The summed E-state index contributed by atoms with van der Waals surface area (Å²) in [4.78, 5) is 18.3. The molecule has 1 aromatic carbocycles. The molecule has 0 saturated heterocycles. The van der Waals surface area contributed by atoms with Crippen molar-refractivity contribution in [3.05, 3.63) is 83.0 Å². The lowest BCUT2D eigenvalue weighted by molar-refractivity contribution is 0.0716. The molecule has 2 heterocycles. The van der Waals surface area contributed by atoms with Gasteiger partial charge in [-0.15, -0.1) is 0 Å². The molecule has 2 aromatic heterocycles. The molecule has 0 unspecified atom stereocenters. The molecule has 3 rings (SSSR count). The number of nitrogens with zero attached hydrogens (tertiary/aromatic N) is 2. The normalized spacial score (nSPS) is 10.5. The van der Waals surface area contributed by atoms with E-state index in [2.05, 4.69) is 4.98 Å². The Morgan fingerprint density at radius 1 is 1.17 bits per heavy atom. The monoisotopic (exact) mass is 342 g/mol. The van der Waals surface area contributed by atoms with Crippen molar-refractivity contribution < 1.29 is 14.3 Å². The number of hydrogen-bond donors (Lipinski definition) is 1. The van der Waals surface area contributed by atoms with Crippen LogP contribution in [-0.4, -0.2) is 20.9 Å². The number of aromatic nitrogens is 1. The fraction of sp³-hybridized carbons (Fsp3) is 0.111. The van der Waals surface area contributed by atoms with Crippen LogP contribution in [0.1, 0.15) is 21.7 Å². The van der Waals surface area contributed by atoms with E-state index in [1.807, 2.05) is 6.07 Å². The first kappa shape index (κ1) is 16.1. The Bertz CT molecular complexity index is 834. The summed E-state index contributed by atoms with van der Waals surface area (Å²) in [6.45, 7) is 0.520. The molecule has 0 saturated carbocycles. The molecule has 122 valence electrons. The zero-order chi connectivity index (χ0) is 16.9. The van der Waals surface area contributed by atoms with E-state index in [9.17, 15) is 9.90 Å². The van der Waals surface area contributed by atoms with Crippen molar-refractivity contribution >= 4 is 17.5 Å². The number of phenolic OH excluding ortho intramolecular Hbond substituents is 1. The van der Waals surface area contributed by atoms with E-state index < -0.39 is 0 Å². The van der Waals surface area contributed by atoms with Crippen LogP contribution < -0.4 is 0 Å². The maximum Gasteiger partial charge on any atom is 0.254 e. The molecule has 5 nitrogen and oxygen atoms in total. The van der Waals surface area contributed by atoms with Gasteiger partial charge >= 0.3 is 0 Å². The Labute approximate surface area is 144 Å². The number of benzene rings is 1. The second kappa shape index (κ2) is 7.19. The first-order valence-corrected chi connectivity index (χ1v) is 7.71. The van der Waals surface area contributed by atoms with Crippen molar-refractivity contribution in [3.63, 3.8) is 0 Å². The number of hydrogen-bond acceptors (Lipinski definition) is 4.